The largest absolute Gasteiger partial charge is 0.390 e. The van der Waals surface area contributed by atoms with Crippen LogP contribution in [0.5, 0.6) is 0 Å². The Kier molecular flexibility index (Phi) is 4.78. The standard InChI is InChI=1S/C21H22N4O3/c1-11-5-18(20(27)12(2)26)23-10-16(11)17-6-14-9-24-19(7-15(14)8-22-17)25-21(28)13-3-4-13/h5-10,12-13,20,26-27H,3-4H2,1-2H3,(H,24,25,28)/t12-,20+/m1/s1. The number of fused-ring (bicyclic) bond motifs is 1. The average Bonchev–Trinajstić information content (AvgIpc) is 3.52. The van der Waals surface area contributed by atoms with Gasteiger partial charge in [0.1, 0.15) is 11.9 Å². The fourth-order valence-corrected chi connectivity index (χ4v) is 3.08. The van der Waals surface area contributed by atoms with Crippen LogP contribution in [0.25, 0.3) is 22.0 Å². The number of rotatable bonds is 5. The van der Waals surface area contributed by atoms with Gasteiger partial charge in [-0.1, -0.05) is 0 Å². The van der Waals surface area contributed by atoms with Crippen molar-refractivity contribution >= 4 is 22.5 Å². The highest BCUT2D eigenvalue weighted by molar-refractivity contribution is 5.95. The molecule has 7 nitrogen and oxygen atoms in total. The SMILES string of the molecule is Cc1cc([C@@H](O)[C@@H](C)O)ncc1-c1cc2cnc(NC(=O)C3CC3)cc2cn1. The van der Waals surface area contributed by atoms with Gasteiger partial charge >= 0.3 is 0 Å². The molecule has 1 aliphatic carbocycles. The normalized spacial score (nSPS) is 16.0. The highest BCUT2D eigenvalue weighted by Gasteiger charge is 2.29. The quantitative estimate of drug-likeness (QED) is 0.630. The number of aromatic nitrogens is 3. The minimum absolute atomic E-state index is 0.0256. The van der Waals surface area contributed by atoms with Crippen LogP contribution in [-0.2, 0) is 4.79 Å². The number of aliphatic hydroxyl groups is 2. The second-order valence-corrected chi connectivity index (χ2v) is 7.36. The number of nitrogens with one attached hydrogen (secondary N) is 1. The fraction of sp³-hybridized carbons (Fsp3) is 0.333. The second kappa shape index (κ2) is 7.26. The summed E-state index contributed by atoms with van der Waals surface area (Å²) in [6, 6.07) is 5.50. The Morgan fingerprint density at radius 3 is 2.46 bits per heavy atom. The van der Waals surface area contributed by atoms with Crippen LogP contribution in [0.15, 0.2) is 36.8 Å². The summed E-state index contributed by atoms with van der Waals surface area (Å²) in [6.45, 7) is 3.44. The van der Waals surface area contributed by atoms with Gasteiger partial charge in [-0.15, -0.1) is 0 Å². The van der Waals surface area contributed by atoms with Crippen LogP contribution in [0.4, 0.5) is 5.82 Å². The predicted octanol–water partition coefficient (Wildman–Crippen LogP) is 2.76. The van der Waals surface area contributed by atoms with Crippen LogP contribution in [0.3, 0.4) is 0 Å². The molecule has 144 valence electrons. The molecule has 3 heterocycles. The number of carbonyl (C=O) groups is 1. The molecule has 1 fully saturated rings. The molecule has 1 amide bonds. The Hall–Kier alpha value is -2.90. The van der Waals surface area contributed by atoms with Gasteiger partial charge in [-0.3, -0.25) is 14.8 Å². The van der Waals surface area contributed by atoms with E-state index in [0.29, 0.717) is 11.5 Å². The van der Waals surface area contributed by atoms with Crippen molar-refractivity contribution in [3.05, 3.63) is 48.0 Å². The summed E-state index contributed by atoms with van der Waals surface area (Å²) in [5.41, 5.74) is 2.91. The van der Waals surface area contributed by atoms with Crippen molar-refractivity contribution in [1.82, 2.24) is 15.0 Å². The van der Waals surface area contributed by atoms with Crippen LogP contribution in [0, 0.1) is 12.8 Å². The van der Waals surface area contributed by atoms with Crippen molar-refractivity contribution < 1.29 is 15.0 Å². The number of hydrogen-bond donors (Lipinski definition) is 3. The van der Waals surface area contributed by atoms with Gasteiger partial charge in [0.05, 0.1) is 17.5 Å². The lowest BCUT2D eigenvalue weighted by molar-refractivity contribution is -0.117. The highest BCUT2D eigenvalue weighted by Crippen LogP contribution is 2.31. The van der Waals surface area contributed by atoms with E-state index in [9.17, 15) is 15.0 Å². The summed E-state index contributed by atoms with van der Waals surface area (Å²) in [5, 5.41) is 24.2. The molecule has 28 heavy (non-hydrogen) atoms. The maximum Gasteiger partial charge on any atom is 0.228 e. The summed E-state index contributed by atoms with van der Waals surface area (Å²) in [5.74, 6) is 0.689. The molecule has 2 atom stereocenters. The summed E-state index contributed by atoms with van der Waals surface area (Å²) in [6.07, 6.45) is 5.11. The van der Waals surface area contributed by atoms with E-state index in [4.69, 9.17) is 0 Å². The van der Waals surface area contributed by atoms with E-state index in [1.54, 1.807) is 24.7 Å². The van der Waals surface area contributed by atoms with Gasteiger partial charge in [-0.05, 0) is 50.5 Å². The molecule has 0 bridgehead atoms. The Labute approximate surface area is 162 Å². The molecule has 0 unspecified atom stereocenters. The zero-order chi connectivity index (χ0) is 19.8. The van der Waals surface area contributed by atoms with E-state index >= 15 is 0 Å². The molecule has 4 rings (SSSR count). The molecule has 0 aromatic carbocycles. The molecular weight excluding hydrogens is 356 g/mol. The Bertz CT molecular complexity index is 1050. The molecule has 3 aromatic rings. The molecular formula is C21H22N4O3. The number of anilines is 1. The second-order valence-electron chi connectivity index (χ2n) is 7.36. The van der Waals surface area contributed by atoms with Gasteiger partial charge in [-0.25, -0.2) is 4.98 Å². The third kappa shape index (κ3) is 3.72. The maximum atomic E-state index is 11.9. The van der Waals surface area contributed by atoms with Crippen molar-refractivity contribution in [3.8, 4) is 11.3 Å². The monoisotopic (exact) mass is 378 g/mol. The van der Waals surface area contributed by atoms with E-state index in [-0.39, 0.29) is 11.8 Å². The number of hydrogen-bond acceptors (Lipinski definition) is 6. The Balaban J connectivity index is 1.61. The average molecular weight is 378 g/mol. The Morgan fingerprint density at radius 1 is 1.07 bits per heavy atom. The van der Waals surface area contributed by atoms with Crippen molar-refractivity contribution in [2.75, 3.05) is 5.32 Å². The first-order valence-electron chi connectivity index (χ1n) is 9.32. The van der Waals surface area contributed by atoms with Crippen molar-refractivity contribution in [3.63, 3.8) is 0 Å². The summed E-state index contributed by atoms with van der Waals surface area (Å²) >= 11 is 0. The number of amides is 1. The van der Waals surface area contributed by atoms with E-state index in [1.165, 1.54) is 6.92 Å². The summed E-state index contributed by atoms with van der Waals surface area (Å²) < 4.78 is 0. The van der Waals surface area contributed by atoms with Gasteiger partial charge in [-0.2, -0.15) is 0 Å². The fourth-order valence-electron chi connectivity index (χ4n) is 3.08. The predicted molar refractivity (Wildman–Crippen MR) is 106 cm³/mol. The number of nitrogens with zero attached hydrogens (tertiary/aromatic N) is 3. The van der Waals surface area contributed by atoms with Crippen LogP contribution in [0.1, 0.15) is 37.1 Å². The van der Waals surface area contributed by atoms with Crippen LogP contribution < -0.4 is 5.32 Å². The molecule has 3 aromatic heterocycles. The molecule has 7 heteroatoms. The van der Waals surface area contributed by atoms with Crippen LogP contribution >= 0.6 is 0 Å². The van der Waals surface area contributed by atoms with Crippen molar-refractivity contribution in [2.45, 2.75) is 38.9 Å². The minimum atomic E-state index is -1.02. The first-order valence-corrected chi connectivity index (χ1v) is 9.32. The number of carbonyl (C=O) groups excluding carboxylic acids is 1. The number of pyridine rings is 3. The summed E-state index contributed by atoms with van der Waals surface area (Å²) in [7, 11) is 0. The molecule has 0 saturated heterocycles. The summed E-state index contributed by atoms with van der Waals surface area (Å²) in [4.78, 5) is 25.0. The Morgan fingerprint density at radius 2 is 1.79 bits per heavy atom. The number of aryl methyl sites for hydroxylation is 1. The molecule has 0 spiro atoms. The van der Waals surface area contributed by atoms with E-state index in [0.717, 1.165) is 40.4 Å². The zero-order valence-corrected chi connectivity index (χ0v) is 15.8. The van der Waals surface area contributed by atoms with Gasteiger partial charge in [0, 0.05) is 40.8 Å². The van der Waals surface area contributed by atoms with E-state index < -0.39 is 12.2 Å². The highest BCUT2D eigenvalue weighted by atomic mass is 16.3. The van der Waals surface area contributed by atoms with Gasteiger partial charge in [0.2, 0.25) is 5.91 Å². The van der Waals surface area contributed by atoms with Crippen molar-refractivity contribution in [2.24, 2.45) is 5.92 Å². The molecule has 3 N–H and O–H groups in total. The number of aliphatic hydroxyl groups excluding tert-OH is 2. The van der Waals surface area contributed by atoms with Crippen molar-refractivity contribution in [1.29, 1.82) is 0 Å². The topological polar surface area (TPSA) is 108 Å². The van der Waals surface area contributed by atoms with Gasteiger partial charge in [0.25, 0.3) is 0 Å². The lowest BCUT2D eigenvalue weighted by atomic mass is 10.0. The minimum Gasteiger partial charge on any atom is -0.390 e. The lowest BCUT2D eigenvalue weighted by Crippen LogP contribution is -2.15. The third-order valence-electron chi connectivity index (χ3n) is 4.97. The maximum absolute atomic E-state index is 11.9. The molecule has 0 radical (unpaired) electrons. The third-order valence-corrected chi connectivity index (χ3v) is 4.97. The zero-order valence-electron chi connectivity index (χ0n) is 15.8. The van der Waals surface area contributed by atoms with Crippen LogP contribution in [-0.4, -0.2) is 37.2 Å². The first kappa shape index (κ1) is 18.5. The van der Waals surface area contributed by atoms with E-state index in [2.05, 4.69) is 20.3 Å². The molecule has 1 aliphatic rings. The first-order chi connectivity index (χ1) is 13.4. The van der Waals surface area contributed by atoms with Crippen LogP contribution in [0.2, 0.25) is 0 Å². The van der Waals surface area contributed by atoms with Gasteiger partial charge in [0.15, 0.2) is 0 Å². The smallest absolute Gasteiger partial charge is 0.228 e. The molecule has 0 aliphatic heterocycles. The molecule has 1 saturated carbocycles. The van der Waals surface area contributed by atoms with E-state index in [1.807, 2.05) is 19.1 Å². The lowest BCUT2D eigenvalue weighted by Gasteiger charge is -2.15. The van der Waals surface area contributed by atoms with Gasteiger partial charge < -0.3 is 15.5 Å².